The van der Waals surface area contributed by atoms with E-state index in [1.165, 1.54) is 20.2 Å². The minimum Gasteiger partial charge on any atom is -0.366 e. The Morgan fingerprint density at radius 2 is 1.93 bits per heavy atom. The van der Waals surface area contributed by atoms with Gasteiger partial charge in [0.15, 0.2) is 6.54 Å². The molecule has 3 aromatic rings. The van der Waals surface area contributed by atoms with Crippen molar-refractivity contribution in [2.45, 2.75) is 12.5 Å². The van der Waals surface area contributed by atoms with Crippen molar-refractivity contribution in [2.75, 3.05) is 18.4 Å². The van der Waals surface area contributed by atoms with E-state index in [4.69, 9.17) is 5.73 Å². The Labute approximate surface area is 165 Å². The van der Waals surface area contributed by atoms with Crippen LogP contribution in [-0.2, 0) is 11.2 Å². The highest BCUT2D eigenvalue weighted by molar-refractivity contribution is 7.10. The maximum absolute atomic E-state index is 12.6. The zero-order valence-electron chi connectivity index (χ0n) is 14.6. The van der Waals surface area contributed by atoms with Gasteiger partial charge in [0.1, 0.15) is 6.04 Å². The summed E-state index contributed by atoms with van der Waals surface area (Å²) in [6, 6.07) is 13.3. The summed E-state index contributed by atoms with van der Waals surface area (Å²) in [4.78, 5) is 27.8. The van der Waals surface area contributed by atoms with Crippen LogP contribution in [0.2, 0.25) is 0 Å². The van der Waals surface area contributed by atoms with E-state index in [-0.39, 0.29) is 11.9 Å². The number of nitrogens with one attached hydrogen (secondary N) is 2. The van der Waals surface area contributed by atoms with Crippen molar-refractivity contribution < 1.29 is 14.5 Å². The molecule has 0 saturated heterocycles. The lowest BCUT2D eigenvalue weighted by Gasteiger charge is -2.31. The molecule has 0 fully saturated rings. The molecule has 27 heavy (non-hydrogen) atoms. The van der Waals surface area contributed by atoms with E-state index in [2.05, 4.69) is 34.3 Å². The number of quaternary nitrogens is 1. The lowest BCUT2D eigenvalue weighted by molar-refractivity contribution is -0.919. The molecule has 7 heteroatoms. The van der Waals surface area contributed by atoms with Gasteiger partial charge in [-0.1, -0.05) is 6.07 Å². The lowest BCUT2D eigenvalue weighted by Crippen LogP contribution is -3.14. The minimum atomic E-state index is -0.476. The smallest absolute Gasteiger partial charge is 0.279 e. The Balaban J connectivity index is 1.49. The van der Waals surface area contributed by atoms with Gasteiger partial charge in [-0.25, -0.2) is 0 Å². The van der Waals surface area contributed by atoms with Crippen molar-refractivity contribution in [1.29, 1.82) is 0 Å². The van der Waals surface area contributed by atoms with Gasteiger partial charge in [0.05, 0.1) is 11.4 Å². The first-order valence-corrected chi connectivity index (χ1v) is 10.5. The summed E-state index contributed by atoms with van der Waals surface area (Å²) in [7, 11) is 0. The van der Waals surface area contributed by atoms with Crippen molar-refractivity contribution in [2.24, 2.45) is 5.73 Å². The molecule has 1 aliphatic heterocycles. The molecule has 0 saturated carbocycles. The number of benzene rings is 1. The number of nitrogens with two attached hydrogens (primary N) is 1. The quantitative estimate of drug-likeness (QED) is 0.615. The van der Waals surface area contributed by atoms with Crippen LogP contribution < -0.4 is 16.0 Å². The van der Waals surface area contributed by atoms with Crippen LogP contribution in [0.5, 0.6) is 0 Å². The summed E-state index contributed by atoms with van der Waals surface area (Å²) in [6.07, 6.45) is 1.00. The maximum Gasteiger partial charge on any atom is 0.279 e. The molecule has 0 bridgehead atoms. The maximum atomic E-state index is 12.6. The van der Waals surface area contributed by atoms with Gasteiger partial charge < -0.3 is 16.0 Å². The number of rotatable bonds is 5. The predicted octanol–water partition coefficient (Wildman–Crippen LogP) is 2.08. The van der Waals surface area contributed by atoms with Gasteiger partial charge in [-0.3, -0.25) is 9.59 Å². The predicted molar refractivity (Wildman–Crippen MR) is 108 cm³/mol. The summed E-state index contributed by atoms with van der Waals surface area (Å²) >= 11 is 3.55. The van der Waals surface area contributed by atoms with Crippen LogP contribution in [-0.4, -0.2) is 24.9 Å². The summed E-state index contributed by atoms with van der Waals surface area (Å²) in [6.45, 7) is 1.33. The van der Waals surface area contributed by atoms with E-state index < -0.39 is 5.91 Å². The number of thiophene rings is 2. The molecule has 0 spiro atoms. The van der Waals surface area contributed by atoms with Gasteiger partial charge in [-0.2, -0.15) is 0 Å². The van der Waals surface area contributed by atoms with Crippen LogP contribution >= 0.6 is 22.7 Å². The van der Waals surface area contributed by atoms with E-state index >= 15 is 0 Å². The molecule has 1 unspecified atom stereocenters. The zero-order chi connectivity index (χ0) is 18.8. The Kier molecular flexibility index (Phi) is 5.07. The second-order valence-electron chi connectivity index (χ2n) is 6.57. The molecule has 2 aromatic heterocycles. The normalized spacial score (nSPS) is 18.7. The Hall–Kier alpha value is -2.48. The zero-order valence-corrected chi connectivity index (χ0v) is 16.2. The van der Waals surface area contributed by atoms with Crippen LogP contribution in [0.1, 0.15) is 31.7 Å². The molecular formula is C20H20N3O2S2+. The first-order valence-electron chi connectivity index (χ1n) is 8.76. The monoisotopic (exact) mass is 398 g/mol. The first kappa shape index (κ1) is 17.9. The van der Waals surface area contributed by atoms with E-state index in [9.17, 15) is 9.59 Å². The van der Waals surface area contributed by atoms with Gasteiger partial charge in [0, 0.05) is 28.1 Å². The molecule has 2 atom stereocenters. The molecule has 2 amide bonds. The molecule has 0 aliphatic carbocycles. The lowest BCUT2D eigenvalue weighted by atomic mass is 9.98. The summed E-state index contributed by atoms with van der Waals surface area (Å²) < 4.78 is 0. The van der Waals surface area contributed by atoms with Crippen LogP contribution in [0.15, 0.2) is 53.2 Å². The standard InChI is InChI=1S/C20H19N3O2S2/c21-20(25)13-3-5-14(6-4-13)22-18(24)12-23-9-7-16-15(8-11-27-16)19(23)17-2-1-10-26-17/h1-6,8,10-11,19H,7,9,12H2,(H2,21,25)(H,22,24)/p+1/t19-/m1/s1. The molecule has 1 aromatic carbocycles. The first-order chi connectivity index (χ1) is 13.1. The number of hydrogen-bond donors (Lipinski definition) is 3. The fourth-order valence-electron chi connectivity index (χ4n) is 3.58. The van der Waals surface area contributed by atoms with Gasteiger partial charge >= 0.3 is 0 Å². The molecule has 4 rings (SSSR count). The van der Waals surface area contributed by atoms with Crippen molar-refractivity contribution in [3.8, 4) is 0 Å². The highest BCUT2D eigenvalue weighted by atomic mass is 32.1. The minimum absolute atomic E-state index is 0.0305. The van der Waals surface area contributed by atoms with Gasteiger partial charge in [0.25, 0.3) is 5.91 Å². The number of hydrogen-bond acceptors (Lipinski definition) is 4. The van der Waals surface area contributed by atoms with Crippen molar-refractivity contribution in [1.82, 2.24) is 0 Å². The fraction of sp³-hybridized carbons (Fsp3) is 0.200. The van der Waals surface area contributed by atoms with Crippen LogP contribution in [0, 0.1) is 0 Å². The number of carbonyl (C=O) groups excluding carboxylic acids is 2. The average molecular weight is 399 g/mol. The molecule has 3 heterocycles. The summed E-state index contributed by atoms with van der Waals surface area (Å²) in [5.41, 5.74) is 7.70. The van der Waals surface area contributed by atoms with Gasteiger partial charge in [-0.15, -0.1) is 22.7 Å². The van der Waals surface area contributed by atoms with Crippen LogP contribution in [0.4, 0.5) is 5.69 Å². The van der Waals surface area contributed by atoms with E-state index in [0.717, 1.165) is 13.0 Å². The highest BCUT2D eigenvalue weighted by Crippen LogP contribution is 2.31. The van der Waals surface area contributed by atoms with Crippen LogP contribution in [0.25, 0.3) is 0 Å². The van der Waals surface area contributed by atoms with Crippen molar-refractivity contribution >= 4 is 40.2 Å². The third-order valence-electron chi connectivity index (χ3n) is 4.84. The van der Waals surface area contributed by atoms with Crippen molar-refractivity contribution in [3.63, 3.8) is 0 Å². The molecule has 5 nitrogen and oxygen atoms in total. The SMILES string of the molecule is NC(=O)c1ccc(NC(=O)C[NH+]2CCc3sccc3[C@@H]2c2cccs2)cc1. The fourth-order valence-corrected chi connectivity index (χ4v) is 5.40. The summed E-state index contributed by atoms with van der Waals surface area (Å²) in [5, 5.41) is 7.17. The Morgan fingerprint density at radius 3 is 2.63 bits per heavy atom. The molecule has 1 aliphatic rings. The third kappa shape index (κ3) is 3.80. The topological polar surface area (TPSA) is 76.6 Å². The second-order valence-corrected chi connectivity index (χ2v) is 8.55. The van der Waals surface area contributed by atoms with Crippen LogP contribution in [0.3, 0.4) is 0 Å². The number of fused-ring (bicyclic) bond motifs is 1. The number of primary amides is 1. The molecule has 138 valence electrons. The number of amides is 2. The number of anilines is 1. The second kappa shape index (κ2) is 7.64. The number of carbonyl (C=O) groups is 2. The van der Waals surface area contributed by atoms with E-state index in [1.807, 2.05) is 0 Å². The van der Waals surface area contributed by atoms with E-state index in [0.29, 0.717) is 17.8 Å². The van der Waals surface area contributed by atoms with Gasteiger partial charge in [0.2, 0.25) is 5.91 Å². The molecule has 4 N–H and O–H groups in total. The largest absolute Gasteiger partial charge is 0.366 e. The Bertz CT molecular complexity index is 948. The Morgan fingerprint density at radius 1 is 1.11 bits per heavy atom. The molecular weight excluding hydrogens is 378 g/mol. The van der Waals surface area contributed by atoms with Crippen molar-refractivity contribution in [3.05, 3.63) is 74.1 Å². The van der Waals surface area contributed by atoms with E-state index in [1.54, 1.807) is 46.9 Å². The summed E-state index contributed by atoms with van der Waals surface area (Å²) in [5.74, 6) is -0.506. The van der Waals surface area contributed by atoms with Gasteiger partial charge in [-0.05, 0) is 47.2 Å². The highest BCUT2D eigenvalue weighted by Gasteiger charge is 2.35. The molecule has 0 radical (unpaired) electrons. The average Bonchev–Trinajstić information content (AvgIpc) is 3.33. The third-order valence-corrected chi connectivity index (χ3v) is 6.77.